The van der Waals surface area contributed by atoms with Crippen molar-refractivity contribution in [2.45, 2.75) is 25.8 Å². The van der Waals surface area contributed by atoms with Crippen LogP contribution in [0.5, 0.6) is 0 Å². The monoisotopic (exact) mass is 259 g/mol. The van der Waals surface area contributed by atoms with Gasteiger partial charge in [0.25, 0.3) is 0 Å². The predicted molar refractivity (Wildman–Crippen MR) is 68.9 cm³/mol. The van der Waals surface area contributed by atoms with E-state index < -0.39 is 5.54 Å². The summed E-state index contributed by atoms with van der Waals surface area (Å²) < 4.78 is 0. The van der Waals surface area contributed by atoms with E-state index in [4.69, 9.17) is 5.73 Å². The molecule has 1 amide bonds. The standard InChI is InChI=1S/C9H21N3O.2ClH/c1-9(2,10)7-8(13)11-5-6-12(3)4;;/h5-7,10H2,1-4H3,(H,11,13);2*1H. The summed E-state index contributed by atoms with van der Waals surface area (Å²) in [7, 11) is 3.94. The lowest BCUT2D eigenvalue weighted by Gasteiger charge is -2.18. The van der Waals surface area contributed by atoms with Crippen molar-refractivity contribution in [3.8, 4) is 0 Å². The molecule has 94 valence electrons. The number of hydrogen-bond acceptors (Lipinski definition) is 3. The Balaban J connectivity index is -0.000000720. The van der Waals surface area contributed by atoms with Gasteiger partial charge in [-0.25, -0.2) is 0 Å². The lowest BCUT2D eigenvalue weighted by molar-refractivity contribution is -0.122. The van der Waals surface area contributed by atoms with E-state index in [1.54, 1.807) is 0 Å². The minimum atomic E-state index is -0.414. The fraction of sp³-hybridized carbons (Fsp3) is 0.889. The second kappa shape index (κ2) is 9.21. The Hall–Kier alpha value is -0.0300. The average Bonchev–Trinajstić information content (AvgIpc) is 1.81. The Morgan fingerprint density at radius 1 is 1.33 bits per heavy atom. The molecule has 3 N–H and O–H groups in total. The number of nitrogens with one attached hydrogen (secondary N) is 1. The van der Waals surface area contributed by atoms with E-state index in [9.17, 15) is 4.79 Å². The number of nitrogens with zero attached hydrogens (tertiary/aromatic N) is 1. The molecule has 0 spiro atoms. The van der Waals surface area contributed by atoms with Crippen LogP contribution in [0.3, 0.4) is 0 Å². The zero-order valence-electron chi connectivity index (χ0n) is 9.87. The summed E-state index contributed by atoms with van der Waals surface area (Å²) in [6.45, 7) is 5.23. The topological polar surface area (TPSA) is 58.4 Å². The van der Waals surface area contributed by atoms with Gasteiger partial charge in [0.05, 0.1) is 0 Å². The minimum Gasteiger partial charge on any atom is -0.355 e. The molecule has 0 saturated heterocycles. The molecule has 0 unspecified atom stereocenters. The smallest absolute Gasteiger partial charge is 0.221 e. The molecular formula is C9H23Cl2N3O. The van der Waals surface area contributed by atoms with Crippen molar-refractivity contribution in [3.05, 3.63) is 0 Å². The predicted octanol–water partition coefficient (Wildman–Crippen LogP) is 0.635. The van der Waals surface area contributed by atoms with Crippen LogP contribution in [-0.4, -0.2) is 43.5 Å². The molecule has 4 nitrogen and oxygen atoms in total. The summed E-state index contributed by atoms with van der Waals surface area (Å²) in [4.78, 5) is 13.3. The Morgan fingerprint density at radius 2 is 1.80 bits per heavy atom. The molecule has 0 fully saturated rings. The Morgan fingerprint density at radius 3 is 2.13 bits per heavy atom. The molecule has 0 atom stereocenters. The van der Waals surface area contributed by atoms with Crippen LogP contribution in [-0.2, 0) is 4.79 Å². The molecule has 0 radical (unpaired) electrons. The summed E-state index contributed by atoms with van der Waals surface area (Å²) >= 11 is 0. The molecule has 0 bridgehead atoms. The highest BCUT2D eigenvalue weighted by molar-refractivity contribution is 5.85. The van der Waals surface area contributed by atoms with Gasteiger partial charge < -0.3 is 16.0 Å². The van der Waals surface area contributed by atoms with Crippen molar-refractivity contribution < 1.29 is 4.79 Å². The average molecular weight is 260 g/mol. The molecule has 0 aromatic heterocycles. The molecule has 0 rings (SSSR count). The Kier molecular flexibility index (Phi) is 12.5. The zero-order valence-corrected chi connectivity index (χ0v) is 11.5. The first-order valence-corrected chi connectivity index (χ1v) is 4.51. The van der Waals surface area contributed by atoms with E-state index in [0.29, 0.717) is 13.0 Å². The van der Waals surface area contributed by atoms with Gasteiger partial charge >= 0.3 is 0 Å². The van der Waals surface area contributed by atoms with Crippen LogP contribution in [0.2, 0.25) is 0 Å². The lowest BCUT2D eigenvalue weighted by Crippen LogP contribution is -2.40. The molecular weight excluding hydrogens is 237 g/mol. The molecule has 0 saturated carbocycles. The Labute approximate surface area is 105 Å². The quantitative estimate of drug-likeness (QED) is 0.762. The summed E-state index contributed by atoms with van der Waals surface area (Å²) in [6, 6.07) is 0. The summed E-state index contributed by atoms with van der Waals surface area (Å²) in [5.74, 6) is 0.0225. The van der Waals surface area contributed by atoms with Crippen molar-refractivity contribution in [2.75, 3.05) is 27.2 Å². The van der Waals surface area contributed by atoms with Gasteiger partial charge in [0.15, 0.2) is 0 Å². The highest BCUT2D eigenvalue weighted by Crippen LogP contribution is 2.01. The third kappa shape index (κ3) is 16.6. The first-order chi connectivity index (χ1) is 5.81. The van der Waals surface area contributed by atoms with Gasteiger partial charge in [-0.15, -0.1) is 24.8 Å². The maximum atomic E-state index is 11.2. The first-order valence-electron chi connectivity index (χ1n) is 4.51. The fourth-order valence-electron chi connectivity index (χ4n) is 0.895. The summed E-state index contributed by atoms with van der Waals surface area (Å²) in [5.41, 5.74) is 5.28. The van der Waals surface area contributed by atoms with Gasteiger partial charge in [0.2, 0.25) is 5.91 Å². The van der Waals surface area contributed by atoms with Gasteiger partial charge in [-0.05, 0) is 27.9 Å². The summed E-state index contributed by atoms with van der Waals surface area (Å²) in [5, 5.41) is 2.81. The van der Waals surface area contributed by atoms with Crippen molar-refractivity contribution >= 4 is 30.7 Å². The zero-order chi connectivity index (χ0) is 10.5. The maximum absolute atomic E-state index is 11.2. The van der Waals surface area contributed by atoms with Gasteiger partial charge in [-0.3, -0.25) is 4.79 Å². The van der Waals surface area contributed by atoms with Crippen molar-refractivity contribution in [2.24, 2.45) is 5.73 Å². The molecule has 0 heterocycles. The second-order valence-electron chi connectivity index (χ2n) is 4.32. The van der Waals surface area contributed by atoms with Crippen LogP contribution in [0.1, 0.15) is 20.3 Å². The number of likely N-dealkylation sites (N-methyl/N-ethyl adjacent to an activating group) is 1. The van der Waals surface area contributed by atoms with Crippen LogP contribution >= 0.6 is 24.8 Å². The number of carbonyl (C=O) groups is 1. The third-order valence-corrected chi connectivity index (χ3v) is 1.50. The number of hydrogen-bond donors (Lipinski definition) is 2. The van der Waals surface area contributed by atoms with Crippen LogP contribution in [0.25, 0.3) is 0 Å². The van der Waals surface area contributed by atoms with E-state index in [0.717, 1.165) is 6.54 Å². The van der Waals surface area contributed by atoms with Crippen LogP contribution in [0.4, 0.5) is 0 Å². The maximum Gasteiger partial charge on any atom is 0.221 e. The molecule has 0 aliphatic heterocycles. The van der Waals surface area contributed by atoms with E-state index in [2.05, 4.69) is 5.32 Å². The van der Waals surface area contributed by atoms with Crippen molar-refractivity contribution in [3.63, 3.8) is 0 Å². The summed E-state index contributed by atoms with van der Waals surface area (Å²) in [6.07, 6.45) is 0.375. The molecule has 0 aromatic carbocycles. The van der Waals surface area contributed by atoms with Crippen LogP contribution < -0.4 is 11.1 Å². The Bertz CT molecular complexity index is 169. The van der Waals surface area contributed by atoms with Gasteiger partial charge in [-0.1, -0.05) is 0 Å². The number of carbonyl (C=O) groups excluding carboxylic acids is 1. The number of halogens is 2. The highest BCUT2D eigenvalue weighted by Gasteiger charge is 2.15. The minimum absolute atomic E-state index is 0. The second-order valence-corrected chi connectivity index (χ2v) is 4.32. The van der Waals surface area contributed by atoms with E-state index in [-0.39, 0.29) is 30.7 Å². The normalized spacial score (nSPS) is 10.3. The molecule has 0 aromatic rings. The van der Waals surface area contributed by atoms with Gasteiger partial charge in [-0.2, -0.15) is 0 Å². The number of nitrogens with two attached hydrogens (primary N) is 1. The van der Waals surface area contributed by atoms with Gasteiger partial charge in [0, 0.05) is 25.0 Å². The van der Waals surface area contributed by atoms with E-state index in [1.165, 1.54) is 0 Å². The molecule has 15 heavy (non-hydrogen) atoms. The van der Waals surface area contributed by atoms with Crippen LogP contribution in [0, 0.1) is 0 Å². The molecule has 0 aliphatic carbocycles. The third-order valence-electron chi connectivity index (χ3n) is 1.50. The SMILES string of the molecule is CN(C)CCNC(=O)CC(C)(C)N.Cl.Cl. The molecule has 6 heteroatoms. The van der Waals surface area contributed by atoms with E-state index in [1.807, 2.05) is 32.8 Å². The largest absolute Gasteiger partial charge is 0.355 e. The van der Waals surface area contributed by atoms with Crippen molar-refractivity contribution in [1.82, 2.24) is 10.2 Å². The number of rotatable bonds is 5. The first kappa shape index (κ1) is 20.4. The number of amides is 1. The fourth-order valence-corrected chi connectivity index (χ4v) is 0.895. The van der Waals surface area contributed by atoms with Gasteiger partial charge in [0.1, 0.15) is 0 Å². The van der Waals surface area contributed by atoms with Crippen LogP contribution in [0.15, 0.2) is 0 Å². The lowest BCUT2D eigenvalue weighted by atomic mass is 10.0. The van der Waals surface area contributed by atoms with E-state index >= 15 is 0 Å². The van der Waals surface area contributed by atoms with Crippen molar-refractivity contribution in [1.29, 1.82) is 0 Å². The molecule has 0 aliphatic rings. The highest BCUT2D eigenvalue weighted by atomic mass is 35.5.